The van der Waals surface area contributed by atoms with E-state index >= 15 is 0 Å². The fourth-order valence-corrected chi connectivity index (χ4v) is 5.50. The number of piperazine rings is 1. The van der Waals surface area contributed by atoms with Gasteiger partial charge in [0.2, 0.25) is 11.7 Å². The average Bonchev–Trinajstić information content (AvgIpc) is 3.42. The number of carbonyl (C=O) groups is 2. The van der Waals surface area contributed by atoms with Crippen LogP contribution >= 0.6 is 23.1 Å². The van der Waals surface area contributed by atoms with E-state index < -0.39 is 0 Å². The number of hydrogen-bond donors (Lipinski definition) is 1. The molecule has 0 aliphatic carbocycles. The predicted molar refractivity (Wildman–Crippen MR) is 126 cm³/mol. The third kappa shape index (κ3) is 4.77. The van der Waals surface area contributed by atoms with Crippen molar-refractivity contribution in [3.63, 3.8) is 0 Å². The van der Waals surface area contributed by atoms with Crippen molar-refractivity contribution in [1.82, 2.24) is 29.2 Å². The molecule has 1 N–H and O–H groups in total. The van der Waals surface area contributed by atoms with Crippen LogP contribution in [0.3, 0.4) is 0 Å². The van der Waals surface area contributed by atoms with Crippen molar-refractivity contribution in [3.8, 4) is 0 Å². The van der Waals surface area contributed by atoms with Crippen LogP contribution in [0.2, 0.25) is 0 Å². The third-order valence-corrected chi connectivity index (χ3v) is 7.19. The Bertz CT molecular complexity index is 1310. The molecular weight excluding hydrogens is 462 g/mol. The molecule has 1 aliphatic heterocycles. The van der Waals surface area contributed by atoms with E-state index in [2.05, 4.69) is 26.3 Å². The molecule has 4 aromatic rings. The van der Waals surface area contributed by atoms with Crippen LogP contribution in [0.1, 0.15) is 0 Å². The fraction of sp³-hybridized carbons (Fsp3) is 0.286. The predicted octanol–water partition coefficient (Wildman–Crippen LogP) is 2.81. The van der Waals surface area contributed by atoms with Crippen LogP contribution in [0.4, 0.5) is 9.93 Å². The minimum atomic E-state index is -0.329. The molecule has 0 unspecified atom stereocenters. The zero-order valence-electron chi connectivity index (χ0n) is 17.8. The monoisotopic (exact) mass is 483 g/mol. The van der Waals surface area contributed by atoms with Gasteiger partial charge in [0.15, 0.2) is 5.13 Å². The highest BCUT2D eigenvalue weighted by Crippen LogP contribution is 2.33. The molecule has 10 nitrogen and oxygen atoms in total. The number of fused-ring (bicyclic) bond motifs is 2. The summed E-state index contributed by atoms with van der Waals surface area (Å²) >= 11 is 3.04. The Balaban J connectivity index is 1.21. The van der Waals surface area contributed by atoms with Gasteiger partial charge in [-0.3, -0.25) is 14.1 Å². The number of anilines is 1. The van der Waals surface area contributed by atoms with E-state index in [-0.39, 0.29) is 18.5 Å². The van der Waals surface area contributed by atoms with Gasteiger partial charge >= 0.3 is 6.09 Å². The van der Waals surface area contributed by atoms with Gasteiger partial charge in [-0.05, 0) is 24.3 Å². The van der Waals surface area contributed by atoms with Crippen molar-refractivity contribution < 1.29 is 14.3 Å². The quantitative estimate of drug-likeness (QED) is 0.462. The highest BCUT2D eigenvalue weighted by molar-refractivity contribution is 7.99. The number of methoxy groups -OCH3 is 1. The SMILES string of the molecule is COC(=O)N1CCN(CC(=O)Nc2nc3ccc(Sc4cnc5ncccn45)cc3s2)CC1. The molecule has 1 aliphatic rings. The number of nitrogens with one attached hydrogen (secondary N) is 1. The molecule has 12 heteroatoms. The maximum Gasteiger partial charge on any atom is 0.409 e. The zero-order valence-corrected chi connectivity index (χ0v) is 19.4. The molecule has 170 valence electrons. The van der Waals surface area contributed by atoms with Crippen LogP contribution in [0.15, 0.2) is 52.8 Å². The van der Waals surface area contributed by atoms with Gasteiger partial charge in [-0.1, -0.05) is 23.1 Å². The molecule has 1 aromatic carbocycles. The van der Waals surface area contributed by atoms with E-state index in [1.54, 1.807) is 29.1 Å². The fourth-order valence-electron chi connectivity index (χ4n) is 3.60. The van der Waals surface area contributed by atoms with Crippen LogP contribution < -0.4 is 5.32 Å². The Morgan fingerprint density at radius 2 is 2.06 bits per heavy atom. The van der Waals surface area contributed by atoms with E-state index in [4.69, 9.17) is 4.74 Å². The molecule has 0 spiro atoms. The second kappa shape index (κ2) is 9.33. The number of amides is 2. The van der Waals surface area contributed by atoms with Crippen LogP contribution in [-0.4, -0.2) is 81.0 Å². The summed E-state index contributed by atoms with van der Waals surface area (Å²) in [6, 6.07) is 7.90. The summed E-state index contributed by atoms with van der Waals surface area (Å²) in [6.45, 7) is 2.60. The number of thiazole rings is 1. The summed E-state index contributed by atoms with van der Waals surface area (Å²) < 4.78 is 7.68. The number of imidazole rings is 1. The Hall–Kier alpha value is -3.22. The molecule has 1 fully saturated rings. The van der Waals surface area contributed by atoms with Crippen LogP contribution in [-0.2, 0) is 9.53 Å². The highest BCUT2D eigenvalue weighted by Gasteiger charge is 2.23. The minimum absolute atomic E-state index is 0.117. The van der Waals surface area contributed by atoms with Gasteiger partial charge in [0, 0.05) is 43.5 Å². The zero-order chi connectivity index (χ0) is 22.8. The summed E-state index contributed by atoms with van der Waals surface area (Å²) in [7, 11) is 1.37. The first-order chi connectivity index (χ1) is 16.1. The summed E-state index contributed by atoms with van der Waals surface area (Å²) in [4.78, 5) is 41.9. The van der Waals surface area contributed by atoms with Gasteiger partial charge in [-0.2, -0.15) is 0 Å². The van der Waals surface area contributed by atoms with Crippen molar-refractivity contribution in [1.29, 1.82) is 0 Å². The molecule has 0 saturated carbocycles. The lowest BCUT2D eigenvalue weighted by Gasteiger charge is -2.33. The van der Waals surface area contributed by atoms with Crippen LogP contribution in [0, 0.1) is 0 Å². The van der Waals surface area contributed by atoms with Crippen molar-refractivity contribution in [2.75, 3.05) is 45.2 Å². The molecule has 1 saturated heterocycles. The second-order valence-electron chi connectivity index (χ2n) is 7.42. The highest BCUT2D eigenvalue weighted by atomic mass is 32.2. The second-order valence-corrected chi connectivity index (χ2v) is 9.54. The molecule has 0 bridgehead atoms. The number of hydrogen-bond acceptors (Lipinski definition) is 9. The van der Waals surface area contributed by atoms with Gasteiger partial charge in [-0.25, -0.2) is 19.7 Å². The summed E-state index contributed by atoms with van der Waals surface area (Å²) in [5.41, 5.74) is 0.839. The van der Waals surface area contributed by atoms with Gasteiger partial charge in [0.05, 0.1) is 30.1 Å². The van der Waals surface area contributed by atoms with E-state index in [1.165, 1.54) is 18.4 Å². The standard InChI is InChI=1S/C21H21N7O3S2/c1-31-21(30)27-9-7-26(8-10-27)13-17(29)25-20-24-15-4-3-14(11-16(15)33-20)32-18-12-23-19-22-5-2-6-28(18)19/h2-6,11-12H,7-10,13H2,1H3,(H,24,25,29). The Morgan fingerprint density at radius 1 is 1.21 bits per heavy atom. The van der Waals surface area contributed by atoms with Crippen molar-refractivity contribution in [2.24, 2.45) is 0 Å². The lowest BCUT2D eigenvalue weighted by Crippen LogP contribution is -2.50. The van der Waals surface area contributed by atoms with Crippen molar-refractivity contribution in [3.05, 3.63) is 42.9 Å². The number of aromatic nitrogens is 4. The Kier molecular flexibility index (Phi) is 6.11. The maximum atomic E-state index is 12.5. The number of ether oxygens (including phenoxy) is 1. The maximum absolute atomic E-state index is 12.5. The number of nitrogens with zero attached hydrogens (tertiary/aromatic N) is 6. The Labute approximate surface area is 197 Å². The number of carbonyl (C=O) groups excluding carboxylic acids is 2. The van der Waals surface area contributed by atoms with Gasteiger partial charge in [-0.15, -0.1) is 0 Å². The average molecular weight is 484 g/mol. The topological polar surface area (TPSA) is 105 Å². The van der Waals surface area contributed by atoms with Crippen molar-refractivity contribution in [2.45, 2.75) is 9.92 Å². The smallest absolute Gasteiger partial charge is 0.409 e. The van der Waals surface area contributed by atoms with Gasteiger partial charge in [0.1, 0.15) is 5.03 Å². The summed E-state index contributed by atoms with van der Waals surface area (Å²) in [5.74, 6) is 0.545. The van der Waals surface area contributed by atoms with E-state index in [9.17, 15) is 9.59 Å². The lowest BCUT2D eigenvalue weighted by molar-refractivity contribution is -0.117. The van der Waals surface area contributed by atoms with E-state index in [0.717, 1.165) is 20.1 Å². The van der Waals surface area contributed by atoms with E-state index in [0.29, 0.717) is 37.1 Å². The molecule has 4 heterocycles. The number of rotatable bonds is 5. The van der Waals surface area contributed by atoms with Gasteiger partial charge < -0.3 is 15.0 Å². The largest absolute Gasteiger partial charge is 0.453 e. The Morgan fingerprint density at radius 3 is 2.88 bits per heavy atom. The molecule has 2 amide bonds. The van der Waals surface area contributed by atoms with E-state index in [1.807, 2.05) is 33.7 Å². The molecule has 3 aromatic heterocycles. The molecule has 33 heavy (non-hydrogen) atoms. The summed E-state index contributed by atoms with van der Waals surface area (Å²) in [5, 5.41) is 4.45. The third-order valence-electron chi connectivity index (χ3n) is 5.26. The first-order valence-electron chi connectivity index (χ1n) is 10.3. The molecular formula is C21H21N7O3S2. The minimum Gasteiger partial charge on any atom is -0.453 e. The first-order valence-corrected chi connectivity index (χ1v) is 11.9. The first kappa shape index (κ1) is 21.6. The van der Waals surface area contributed by atoms with Gasteiger partial charge in [0.25, 0.3) is 0 Å². The van der Waals surface area contributed by atoms with Crippen molar-refractivity contribution >= 4 is 56.2 Å². The van der Waals surface area contributed by atoms with Crippen LogP contribution in [0.5, 0.6) is 0 Å². The lowest BCUT2D eigenvalue weighted by atomic mass is 10.3. The molecule has 5 rings (SSSR count). The normalized spacial score (nSPS) is 14.6. The van der Waals surface area contributed by atoms with Crippen LogP contribution in [0.25, 0.3) is 16.0 Å². The molecule has 0 atom stereocenters. The molecule has 0 radical (unpaired) electrons. The number of benzene rings is 1. The summed E-state index contributed by atoms with van der Waals surface area (Å²) in [6.07, 6.45) is 5.13.